The van der Waals surface area contributed by atoms with E-state index in [9.17, 15) is 0 Å². The fraction of sp³-hybridized carbons (Fsp3) is 0.248. The third-order valence-corrected chi connectivity index (χ3v) is 23.3. The van der Waals surface area contributed by atoms with Crippen LogP contribution in [0.3, 0.4) is 0 Å². The predicted molar refractivity (Wildman–Crippen MR) is 524 cm³/mol. The first-order valence-corrected chi connectivity index (χ1v) is 42.8. The molecular formula is C117H138N8+8. The molecule has 8 aromatic heterocycles. The highest BCUT2D eigenvalue weighted by Crippen LogP contribution is 2.31. The molecule has 8 heterocycles. The van der Waals surface area contributed by atoms with E-state index in [4.69, 9.17) is 16.4 Å². The molecule has 8 aromatic carbocycles. The summed E-state index contributed by atoms with van der Waals surface area (Å²) in [6.07, 6.45) is 13.1. The molecule has 0 N–H and O–H groups in total. The van der Waals surface area contributed by atoms with Gasteiger partial charge in [-0.3, -0.25) is 0 Å². The van der Waals surface area contributed by atoms with Crippen molar-refractivity contribution in [2.45, 2.75) is 145 Å². The molecule has 0 atom stereocenters. The maximum absolute atomic E-state index is 7.64. The normalized spacial score (nSPS) is 12.3. The van der Waals surface area contributed by atoms with E-state index in [1.165, 1.54) is 117 Å². The lowest BCUT2D eigenvalue weighted by molar-refractivity contribution is -0.666. The van der Waals surface area contributed by atoms with Crippen LogP contribution in [0.4, 0.5) is 0 Å². The van der Waals surface area contributed by atoms with Gasteiger partial charge in [0, 0.05) is 161 Å². The third kappa shape index (κ3) is 24.9. The fourth-order valence-electron chi connectivity index (χ4n) is 15.7. The number of hydrogen-bond donors (Lipinski definition) is 0. The minimum absolute atomic E-state index is 0.363. The van der Waals surface area contributed by atoms with E-state index in [1.54, 1.807) is 36.9 Å². The van der Waals surface area contributed by atoms with Crippen molar-refractivity contribution in [2.24, 2.45) is 56.4 Å². The molecule has 0 spiro atoms. The molecule has 125 heavy (non-hydrogen) atoms. The van der Waals surface area contributed by atoms with Crippen LogP contribution in [0, 0.1) is 145 Å². The third-order valence-electron chi connectivity index (χ3n) is 23.3. The van der Waals surface area contributed by atoms with Crippen molar-refractivity contribution in [2.75, 3.05) is 0 Å². The molecule has 0 amide bonds. The second kappa shape index (κ2) is 44.8. The summed E-state index contributed by atoms with van der Waals surface area (Å²) in [6, 6.07) is 90.9. The van der Waals surface area contributed by atoms with Gasteiger partial charge in [-0.25, -0.2) is 32.0 Å². The molecule has 0 unspecified atom stereocenters. The Hall–Kier alpha value is -13.0. The van der Waals surface area contributed by atoms with Crippen molar-refractivity contribution in [3.8, 4) is 90.1 Å². The van der Waals surface area contributed by atoms with Gasteiger partial charge in [-0.1, -0.05) is 146 Å². The first kappa shape index (κ1) is 79.2. The van der Waals surface area contributed by atoms with Gasteiger partial charge in [0.05, 0.1) is 0 Å². The Morgan fingerprint density at radius 2 is 0.552 bits per heavy atom. The van der Waals surface area contributed by atoms with Crippen LogP contribution in [0.15, 0.2) is 310 Å². The smallest absolute Gasteiger partial charge is 0.201 e. The maximum Gasteiger partial charge on any atom is 0.215 e. The van der Waals surface area contributed by atoms with Crippen molar-refractivity contribution >= 4 is 0 Å². The fourth-order valence-corrected chi connectivity index (χ4v) is 15.7. The Bertz CT molecular complexity index is 6830. The van der Waals surface area contributed by atoms with Gasteiger partial charge in [0.1, 0.15) is 56.4 Å². The summed E-state index contributed by atoms with van der Waals surface area (Å²) in [4.78, 5) is 0. The Kier molecular flexibility index (Phi) is 28.4. The predicted octanol–water partition coefficient (Wildman–Crippen LogP) is 23.9. The first-order chi connectivity index (χ1) is 64.4. The zero-order chi connectivity index (χ0) is 101. The van der Waals surface area contributed by atoms with Gasteiger partial charge in [0.15, 0.2) is 49.1 Å². The van der Waals surface area contributed by atoms with Crippen LogP contribution in [0.1, 0.15) is 133 Å². The maximum atomic E-state index is 7.64. The molecule has 0 radical (unpaired) electrons. The lowest BCUT2D eigenvalue weighted by Gasteiger charge is -2.10. The van der Waals surface area contributed by atoms with E-state index in [0.717, 1.165) is 67.3 Å². The molecule has 8 nitrogen and oxygen atoms in total. The van der Waals surface area contributed by atoms with Crippen LogP contribution in [0.2, 0.25) is 0 Å². The summed E-state index contributed by atoms with van der Waals surface area (Å²) >= 11 is 0. The second-order valence-corrected chi connectivity index (χ2v) is 33.0. The first-order valence-electron chi connectivity index (χ1n) is 48.8. The molecule has 0 aliphatic heterocycles. The Labute approximate surface area is 767 Å². The number of aromatic nitrogens is 8. The van der Waals surface area contributed by atoms with Gasteiger partial charge in [-0.15, -0.1) is 0 Å². The van der Waals surface area contributed by atoms with E-state index in [2.05, 4.69) is 330 Å². The number of hydrogen-bond acceptors (Lipinski definition) is 0. The molecule has 0 saturated carbocycles. The van der Waals surface area contributed by atoms with Gasteiger partial charge >= 0.3 is 0 Å². The second-order valence-electron chi connectivity index (χ2n) is 33.0. The number of pyridine rings is 8. The van der Waals surface area contributed by atoms with Crippen LogP contribution in [-0.2, 0) is 56.4 Å². The number of aryl methyl sites for hydroxylation is 25. The highest BCUT2D eigenvalue weighted by molar-refractivity contribution is 5.69. The zero-order valence-corrected chi connectivity index (χ0v) is 78.5. The molecule has 16 aromatic rings. The van der Waals surface area contributed by atoms with Crippen LogP contribution < -0.4 is 36.5 Å². The summed E-state index contributed by atoms with van der Waals surface area (Å²) in [5.41, 5.74) is 41.0. The van der Waals surface area contributed by atoms with Crippen LogP contribution in [0.25, 0.3) is 90.1 Å². The summed E-state index contributed by atoms with van der Waals surface area (Å²) in [5.74, 6) is 0. The SMILES string of the molecule is Cc1cc[n+](C)c(-c2ccccc2C)c1.Cc1ccccc1-c1c(C)c(C)cc[n+]1C.Cc1ccccc1-c1c(C)ccc[n+]1C.Cc1ccccc1-c1cccc(C)[n+]1C.[2H]C([2H])([2H])c1c[n+](C)c(-c2ccccc2C)c(C)c1C.[2H]C([2H])([2H])c1c[n+](C)c(-c2ccccc2C)cc1C.[2H]C([2H])([2H])c1cc(C)c(-c2ccccc2C)[n+](C)c1.[2H]C([2H])([2H])c1ccc(-c2ccccc2C)[n+](C)c1. The quantitative estimate of drug-likeness (QED) is 0.136. The van der Waals surface area contributed by atoms with E-state index in [1.807, 2.05) is 154 Å². The molecule has 0 aliphatic carbocycles. The Morgan fingerprint density at radius 3 is 0.992 bits per heavy atom. The summed E-state index contributed by atoms with van der Waals surface area (Å²) in [5, 5.41) is 0. The van der Waals surface area contributed by atoms with Gasteiger partial charge in [-0.05, 0) is 278 Å². The summed E-state index contributed by atoms with van der Waals surface area (Å²) in [7, 11) is 15.9. The minimum Gasteiger partial charge on any atom is -0.201 e. The van der Waals surface area contributed by atoms with Crippen molar-refractivity contribution < 1.29 is 53.0 Å². The molecule has 0 fully saturated rings. The lowest BCUT2D eigenvalue weighted by atomic mass is 9.97. The van der Waals surface area contributed by atoms with Crippen molar-refractivity contribution in [3.05, 3.63) is 427 Å². The van der Waals surface area contributed by atoms with Crippen molar-refractivity contribution in [1.29, 1.82) is 0 Å². The van der Waals surface area contributed by atoms with E-state index in [-0.39, 0.29) is 0 Å². The summed E-state index contributed by atoms with van der Waals surface area (Å²) < 4.78 is 107. The van der Waals surface area contributed by atoms with Gasteiger partial charge in [0.25, 0.3) is 0 Å². The molecule has 0 bridgehead atoms. The van der Waals surface area contributed by atoms with E-state index in [0.29, 0.717) is 22.3 Å². The molecule has 0 aliphatic rings. The van der Waals surface area contributed by atoms with E-state index < -0.39 is 27.4 Å². The zero-order valence-electron chi connectivity index (χ0n) is 90.5. The molecule has 0 saturated heterocycles. The van der Waals surface area contributed by atoms with Crippen LogP contribution >= 0.6 is 0 Å². The molecule has 16 rings (SSSR count). The van der Waals surface area contributed by atoms with Crippen LogP contribution in [-0.4, -0.2) is 0 Å². The van der Waals surface area contributed by atoms with Gasteiger partial charge in [0.2, 0.25) is 45.6 Å². The average molecular weight is 1670 g/mol. The number of nitrogens with zero attached hydrogens (tertiary/aromatic N) is 8. The number of benzene rings is 8. The molecule has 8 heteroatoms. The highest BCUT2D eigenvalue weighted by atomic mass is 15.0. The molecular weight excluding hydrogens is 1520 g/mol. The van der Waals surface area contributed by atoms with E-state index >= 15 is 0 Å². The number of rotatable bonds is 8. The Balaban J connectivity index is 0.000000176. The van der Waals surface area contributed by atoms with Crippen molar-refractivity contribution in [1.82, 2.24) is 0 Å². The minimum atomic E-state index is -2.07. The Morgan fingerprint density at radius 1 is 0.184 bits per heavy atom. The monoisotopic (exact) mass is 1670 g/mol. The molecule has 638 valence electrons. The van der Waals surface area contributed by atoms with Gasteiger partial charge < -0.3 is 0 Å². The topological polar surface area (TPSA) is 31.0 Å². The summed E-state index contributed by atoms with van der Waals surface area (Å²) in [6.45, 7) is 27.1. The lowest BCUT2D eigenvalue weighted by Crippen LogP contribution is -2.34. The van der Waals surface area contributed by atoms with Gasteiger partial charge in [-0.2, -0.15) is 4.57 Å². The van der Waals surface area contributed by atoms with Crippen LogP contribution in [0.5, 0.6) is 0 Å². The van der Waals surface area contributed by atoms with Crippen molar-refractivity contribution in [3.63, 3.8) is 0 Å². The average Bonchev–Trinajstić information content (AvgIpc) is 0.765. The highest BCUT2D eigenvalue weighted by Gasteiger charge is 2.23. The standard InChI is InChI=1S/C16H20N.3C15H18N.4C14H16N/c1-11-8-6-7-9-15(11)16-14(4)13(3)12(2)10-17(16)5;1-11-9-13(3)15(16(4)10-11)14-8-6-5-7-12(14)2;1-11-7-5-6-8-14(11)15-9-12(2)13(3)10-16(15)4;1-11-9-10-16(4)15(13(11)3)14-8-6-5-7-12(14)2;1-11-7-4-5-9-13(11)14-12(2)8-6-10-15(14)3;1-11-7-4-5-9-13(11)14-10-6-8-12(2)15(14)3;1-11-8-9-15(3)14(10-11)13-7-5-4-6-12(13)2;1-11-8-9-14(15(3)10-11)13-7-5-4-6-12(13)2/h6-10H,1-5H3;3*5-10H,1-4H3;4*4-10H,1-3H3/q8*+1/i2D3;1D3;3D3;;;;;1D3. The largest absolute Gasteiger partial charge is 0.215 e.